The molecule has 0 fully saturated rings. The van der Waals surface area contributed by atoms with E-state index in [1.54, 1.807) is 6.92 Å². The molecule has 0 saturated carbocycles. The first kappa shape index (κ1) is 19.4. The van der Waals surface area contributed by atoms with Crippen molar-refractivity contribution in [2.75, 3.05) is 18.1 Å². The van der Waals surface area contributed by atoms with Crippen LogP contribution in [0.2, 0.25) is 0 Å². The minimum absolute atomic E-state index is 0.170. The maximum absolute atomic E-state index is 11.5. The molecule has 0 bridgehead atoms. The van der Waals surface area contributed by atoms with Crippen molar-refractivity contribution in [2.24, 2.45) is 0 Å². The van der Waals surface area contributed by atoms with Crippen LogP contribution in [0, 0.1) is 6.92 Å². The Morgan fingerprint density at radius 3 is 2.67 bits per heavy atom. The molecule has 0 unspecified atom stereocenters. The Balaban J connectivity index is 1.49. The number of aromatic nitrogens is 2. The van der Waals surface area contributed by atoms with Crippen LogP contribution in [0.1, 0.15) is 23.7 Å². The van der Waals surface area contributed by atoms with Gasteiger partial charge in [0.15, 0.2) is 9.84 Å². The van der Waals surface area contributed by atoms with E-state index < -0.39 is 9.84 Å². The fourth-order valence-electron chi connectivity index (χ4n) is 2.74. The van der Waals surface area contributed by atoms with Gasteiger partial charge in [-0.25, -0.2) is 13.4 Å². The predicted molar refractivity (Wildman–Crippen MR) is 107 cm³/mol. The molecule has 7 heteroatoms. The number of rotatable bonds is 9. The molecule has 0 aliphatic heterocycles. The molecule has 2 heterocycles. The third-order valence-electron chi connectivity index (χ3n) is 4.40. The topological polar surface area (TPSA) is 72.7 Å². The highest BCUT2D eigenvalue weighted by Crippen LogP contribution is 2.15. The zero-order valence-electron chi connectivity index (χ0n) is 15.7. The average Bonchev–Trinajstić information content (AvgIpc) is 3.09. The second kappa shape index (κ2) is 8.54. The highest BCUT2D eigenvalue weighted by atomic mass is 32.2. The first-order chi connectivity index (χ1) is 13.0. The molecular formula is C20H25N3O3S. The molecule has 2 aromatic heterocycles. The summed E-state index contributed by atoms with van der Waals surface area (Å²) in [5, 5.41) is 3.16. The molecular weight excluding hydrogens is 362 g/mol. The number of aryl methyl sites for hydroxylation is 1. The van der Waals surface area contributed by atoms with Crippen LogP contribution in [-0.4, -0.2) is 35.9 Å². The molecule has 0 saturated heterocycles. The van der Waals surface area contributed by atoms with Crippen LogP contribution < -0.4 is 10.1 Å². The van der Waals surface area contributed by atoms with Gasteiger partial charge in [-0.1, -0.05) is 25.1 Å². The number of ether oxygens (including phenoxy) is 1. The maximum atomic E-state index is 11.5. The van der Waals surface area contributed by atoms with E-state index in [-0.39, 0.29) is 11.5 Å². The lowest BCUT2D eigenvalue weighted by molar-refractivity contribution is 0.302. The fourth-order valence-corrected chi connectivity index (χ4v) is 3.48. The van der Waals surface area contributed by atoms with Gasteiger partial charge in [0.2, 0.25) is 0 Å². The van der Waals surface area contributed by atoms with Crippen molar-refractivity contribution in [3.63, 3.8) is 0 Å². The third kappa shape index (κ3) is 5.30. The van der Waals surface area contributed by atoms with E-state index in [4.69, 9.17) is 4.74 Å². The van der Waals surface area contributed by atoms with E-state index >= 15 is 0 Å². The van der Waals surface area contributed by atoms with Crippen LogP contribution in [0.15, 0.2) is 48.8 Å². The number of fused-ring (bicyclic) bond motifs is 1. The van der Waals surface area contributed by atoms with Crippen LogP contribution >= 0.6 is 0 Å². The summed E-state index contributed by atoms with van der Waals surface area (Å²) in [6.45, 7) is 5.21. The first-order valence-corrected chi connectivity index (χ1v) is 10.8. The zero-order valence-corrected chi connectivity index (χ0v) is 16.5. The van der Waals surface area contributed by atoms with Gasteiger partial charge in [0.1, 0.15) is 18.0 Å². The first-order valence-electron chi connectivity index (χ1n) is 9.03. The smallest absolute Gasteiger partial charge is 0.151 e. The molecule has 3 aromatic rings. The summed E-state index contributed by atoms with van der Waals surface area (Å²) in [6.07, 6.45) is 3.96. The van der Waals surface area contributed by atoms with E-state index in [0.29, 0.717) is 19.7 Å². The van der Waals surface area contributed by atoms with Gasteiger partial charge < -0.3 is 14.5 Å². The van der Waals surface area contributed by atoms with Gasteiger partial charge in [0.25, 0.3) is 0 Å². The normalized spacial score (nSPS) is 11.8. The molecule has 1 N–H and O–H groups in total. The second-order valence-corrected chi connectivity index (χ2v) is 8.97. The molecule has 27 heavy (non-hydrogen) atoms. The molecule has 0 atom stereocenters. The maximum Gasteiger partial charge on any atom is 0.151 e. The summed E-state index contributed by atoms with van der Waals surface area (Å²) < 4.78 is 30.7. The van der Waals surface area contributed by atoms with Gasteiger partial charge in [0.05, 0.1) is 11.4 Å². The van der Waals surface area contributed by atoms with E-state index in [1.807, 2.05) is 60.1 Å². The van der Waals surface area contributed by atoms with Crippen LogP contribution in [0.5, 0.6) is 5.75 Å². The van der Waals surface area contributed by atoms with Crippen LogP contribution in [0.25, 0.3) is 5.65 Å². The molecule has 3 rings (SSSR count). The SMILES string of the molecule is CCS(=O)(=O)CCNCc1ccc(OCc2cn3cccc(C)c3n2)cc1. The molecule has 1 aromatic carbocycles. The largest absolute Gasteiger partial charge is 0.487 e. The van der Waals surface area contributed by atoms with Crippen molar-refractivity contribution in [1.82, 2.24) is 14.7 Å². The van der Waals surface area contributed by atoms with E-state index in [2.05, 4.69) is 10.3 Å². The molecule has 6 nitrogen and oxygen atoms in total. The highest BCUT2D eigenvalue weighted by molar-refractivity contribution is 7.91. The molecule has 0 amide bonds. The third-order valence-corrected chi connectivity index (χ3v) is 6.10. The number of nitrogens with one attached hydrogen (secondary N) is 1. The Bertz CT molecular complexity index is 995. The van der Waals surface area contributed by atoms with Crippen molar-refractivity contribution in [2.45, 2.75) is 27.0 Å². The van der Waals surface area contributed by atoms with Gasteiger partial charge >= 0.3 is 0 Å². The van der Waals surface area contributed by atoms with Gasteiger partial charge in [-0.05, 0) is 36.2 Å². The van der Waals surface area contributed by atoms with Gasteiger partial charge in [0, 0.05) is 31.2 Å². The highest BCUT2D eigenvalue weighted by Gasteiger charge is 2.07. The number of imidazole rings is 1. The molecule has 0 radical (unpaired) electrons. The van der Waals surface area contributed by atoms with E-state index in [1.165, 1.54) is 0 Å². The quantitative estimate of drug-likeness (QED) is 0.572. The van der Waals surface area contributed by atoms with Crippen LogP contribution in [0.4, 0.5) is 0 Å². The van der Waals surface area contributed by atoms with Gasteiger partial charge in [-0.15, -0.1) is 0 Å². The summed E-state index contributed by atoms with van der Waals surface area (Å²) in [5.74, 6) is 1.14. The minimum atomic E-state index is -2.92. The Kier molecular flexibility index (Phi) is 6.13. The average molecular weight is 388 g/mol. The van der Waals surface area contributed by atoms with Crippen molar-refractivity contribution in [3.8, 4) is 5.75 Å². The lowest BCUT2D eigenvalue weighted by Gasteiger charge is -2.07. The number of hydrogen-bond donors (Lipinski definition) is 1. The van der Waals surface area contributed by atoms with Gasteiger partial charge in [-0.2, -0.15) is 0 Å². The number of hydrogen-bond acceptors (Lipinski definition) is 5. The number of nitrogens with zero attached hydrogens (tertiary/aromatic N) is 2. The van der Waals surface area contributed by atoms with Crippen molar-refractivity contribution in [1.29, 1.82) is 0 Å². The van der Waals surface area contributed by atoms with Gasteiger partial charge in [-0.3, -0.25) is 0 Å². The molecule has 0 aliphatic rings. The second-order valence-electron chi connectivity index (χ2n) is 6.50. The van der Waals surface area contributed by atoms with E-state index in [0.717, 1.165) is 28.2 Å². The summed E-state index contributed by atoms with van der Waals surface area (Å²) in [4.78, 5) is 4.60. The predicted octanol–water partition coefficient (Wildman–Crippen LogP) is 2.75. The number of sulfone groups is 1. The molecule has 0 aliphatic carbocycles. The summed E-state index contributed by atoms with van der Waals surface area (Å²) in [7, 11) is -2.92. The van der Waals surface area contributed by atoms with Crippen molar-refractivity contribution >= 4 is 15.5 Å². The lowest BCUT2D eigenvalue weighted by Crippen LogP contribution is -2.23. The number of benzene rings is 1. The molecule has 144 valence electrons. The van der Waals surface area contributed by atoms with Crippen LogP contribution in [0.3, 0.4) is 0 Å². The summed E-state index contributed by atoms with van der Waals surface area (Å²) in [6, 6.07) is 11.8. The van der Waals surface area contributed by atoms with Crippen LogP contribution in [-0.2, 0) is 23.0 Å². The summed E-state index contributed by atoms with van der Waals surface area (Å²) in [5.41, 5.74) is 4.04. The molecule has 0 spiro atoms. The lowest BCUT2D eigenvalue weighted by atomic mass is 10.2. The minimum Gasteiger partial charge on any atom is -0.487 e. The fraction of sp³-hybridized carbons (Fsp3) is 0.350. The Morgan fingerprint density at radius 2 is 1.96 bits per heavy atom. The number of pyridine rings is 1. The Labute approximate surface area is 160 Å². The van der Waals surface area contributed by atoms with Crippen molar-refractivity contribution in [3.05, 3.63) is 65.6 Å². The monoisotopic (exact) mass is 387 g/mol. The summed E-state index contributed by atoms with van der Waals surface area (Å²) >= 11 is 0. The zero-order chi connectivity index (χ0) is 19.3. The Morgan fingerprint density at radius 1 is 1.19 bits per heavy atom. The Hall–Kier alpha value is -2.38. The van der Waals surface area contributed by atoms with E-state index in [9.17, 15) is 8.42 Å². The van der Waals surface area contributed by atoms with Crippen molar-refractivity contribution < 1.29 is 13.2 Å². The standard InChI is InChI=1S/C20H25N3O3S/c1-3-27(24,25)12-10-21-13-17-6-8-19(9-7-17)26-15-18-14-23-11-4-5-16(2)20(23)22-18/h4-9,11,14,21H,3,10,12-13,15H2,1-2H3.